The van der Waals surface area contributed by atoms with Crippen LogP contribution in [0.2, 0.25) is 0 Å². The van der Waals surface area contributed by atoms with Crippen molar-refractivity contribution >= 4 is 5.97 Å². The second-order valence-electron chi connectivity index (χ2n) is 8.66. The Hall–Kier alpha value is -0.980. The molecule has 2 heterocycles. The van der Waals surface area contributed by atoms with Gasteiger partial charge in [0.15, 0.2) is 18.2 Å². The van der Waals surface area contributed by atoms with Crippen molar-refractivity contribution in [1.82, 2.24) is 0 Å². The monoisotopic (exact) mass is 499 g/mol. The summed E-state index contributed by atoms with van der Waals surface area (Å²) in [6.45, 7) is 6.05. The van der Waals surface area contributed by atoms with Crippen LogP contribution in [0.25, 0.3) is 0 Å². The summed E-state index contributed by atoms with van der Waals surface area (Å²) in [6.07, 6.45) is 17.3. The molecule has 6 heteroatoms. The minimum atomic E-state index is -0.518. The van der Waals surface area contributed by atoms with Crippen LogP contribution in [0.5, 0.6) is 0 Å². The summed E-state index contributed by atoms with van der Waals surface area (Å²) in [5.74, 6) is -0.651. The lowest BCUT2D eigenvalue weighted by atomic mass is 10.1. The van der Waals surface area contributed by atoms with E-state index in [2.05, 4.69) is 23.9 Å². The summed E-state index contributed by atoms with van der Waals surface area (Å²) in [5, 5.41) is 0. The van der Waals surface area contributed by atoms with Crippen molar-refractivity contribution < 1.29 is 40.6 Å². The molecule has 1 aromatic rings. The molecule has 31 heavy (non-hydrogen) atoms. The average Bonchev–Trinajstić information content (AvgIpc) is 3.13. The number of rotatable bonds is 16. The van der Waals surface area contributed by atoms with Gasteiger partial charge in [0.05, 0.1) is 6.61 Å². The SMILES string of the molecule is CCCCCCCCCC1(C)OCC(COC(=O)CCCCC[n+]2ccccc2)O1.[Br-]. The highest BCUT2D eigenvalue weighted by Crippen LogP contribution is 2.29. The molecule has 0 N–H and O–H groups in total. The van der Waals surface area contributed by atoms with Crippen LogP contribution in [0.15, 0.2) is 30.6 Å². The van der Waals surface area contributed by atoms with Crippen LogP contribution in [-0.4, -0.2) is 31.1 Å². The molecule has 1 fully saturated rings. The molecule has 0 amide bonds. The van der Waals surface area contributed by atoms with Crippen LogP contribution in [-0.2, 0) is 25.5 Å². The highest BCUT2D eigenvalue weighted by atomic mass is 79.9. The number of pyridine rings is 1. The molecule has 1 saturated heterocycles. The van der Waals surface area contributed by atoms with E-state index in [9.17, 15) is 4.79 Å². The number of aromatic nitrogens is 1. The van der Waals surface area contributed by atoms with Gasteiger partial charge in [-0.3, -0.25) is 4.79 Å². The van der Waals surface area contributed by atoms with Crippen molar-refractivity contribution in [3.8, 4) is 0 Å². The number of unbranched alkanes of at least 4 members (excludes halogenated alkanes) is 8. The van der Waals surface area contributed by atoms with Gasteiger partial charge in [-0.2, -0.15) is 0 Å². The van der Waals surface area contributed by atoms with Crippen LogP contribution >= 0.6 is 0 Å². The first kappa shape index (κ1) is 28.1. The standard InChI is InChI=1S/C25H42NO4.BrH/c1-3-4-5-6-7-8-12-17-25(2)29-22-23(30-25)21-28-24(27)16-11-9-13-18-26-19-14-10-15-20-26;/h10,14-15,19-20,23H,3-9,11-13,16-18,21-22H2,1-2H3;1H/q+1;/p-1. The molecule has 178 valence electrons. The van der Waals surface area contributed by atoms with Gasteiger partial charge in [-0.05, 0) is 26.2 Å². The molecule has 2 unspecified atom stereocenters. The van der Waals surface area contributed by atoms with Crippen LogP contribution in [0.3, 0.4) is 0 Å². The molecular formula is C25H42BrNO4. The number of carbonyl (C=O) groups excluding carboxylic acids is 1. The van der Waals surface area contributed by atoms with Gasteiger partial charge >= 0.3 is 5.97 Å². The normalized spacial score (nSPS) is 20.4. The van der Waals surface area contributed by atoms with Crippen molar-refractivity contribution in [2.45, 2.75) is 109 Å². The summed E-state index contributed by atoms with van der Waals surface area (Å²) in [5.41, 5.74) is 0. The molecule has 0 saturated carbocycles. The van der Waals surface area contributed by atoms with E-state index in [1.54, 1.807) is 0 Å². The van der Waals surface area contributed by atoms with E-state index in [0.717, 1.165) is 38.6 Å². The predicted molar refractivity (Wildman–Crippen MR) is 118 cm³/mol. The first-order valence-electron chi connectivity index (χ1n) is 12.0. The molecule has 0 bridgehead atoms. The van der Waals surface area contributed by atoms with Crippen molar-refractivity contribution in [2.24, 2.45) is 0 Å². The van der Waals surface area contributed by atoms with Crippen LogP contribution in [0.1, 0.15) is 90.9 Å². The highest BCUT2D eigenvalue weighted by Gasteiger charge is 2.37. The number of carbonyl (C=O) groups is 1. The minimum Gasteiger partial charge on any atom is -1.00 e. The van der Waals surface area contributed by atoms with Crippen LogP contribution < -0.4 is 21.5 Å². The largest absolute Gasteiger partial charge is 1.00 e. The zero-order chi connectivity index (χ0) is 21.5. The van der Waals surface area contributed by atoms with E-state index >= 15 is 0 Å². The fraction of sp³-hybridized carbons (Fsp3) is 0.760. The van der Waals surface area contributed by atoms with Crippen LogP contribution in [0, 0.1) is 0 Å². The third-order valence-electron chi connectivity index (χ3n) is 5.73. The summed E-state index contributed by atoms with van der Waals surface area (Å²) >= 11 is 0. The Labute approximate surface area is 199 Å². The van der Waals surface area contributed by atoms with Gasteiger partial charge < -0.3 is 31.2 Å². The molecule has 1 aliphatic rings. The van der Waals surface area contributed by atoms with Gasteiger partial charge in [0.1, 0.15) is 19.3 Å². The maximum Gasteiger partial charge on any atom is 0.305 e. The minimum absolute atomic E-state index is 0. The van der Waals surface area contributed by atoms with Gasteiger partial charge in [-0.1, -0.05) is 51.5 Å². The lowest BCUT2D eigenvalue weighted by Crippen LogP contribution is -3.00. The lowest BCUT2D eigenvalue weighted by molar-refractivity contribution is -0.697. The molecule has 2 atom stereocenters. The molecule has 0 spiro atoms. The fourth-order valence-corrected chi connectivity index (χ4v) is 3.89. The average molecular weight is 501 g/mol. The molecule has 2 rings (SSSR count). The van der Waals surface area contributed by atoms with Crippen molar-refractivity contribution in [2.75, 3.05) is 13.2 Å². The van der Waals surface area contributed by atoms with E-state index in [1.165, 1.54) is 38.5 Å². The first-order chi connectivity index (χ1) is 14.6. The molecule has 1 aliphatic heterocycles. The maximum absolute atomic E-state index is 12.0. The smallest absolute Gasteiger partial charge is 0.305 e. The number of hydrogen-bond donors (Lipinski definition) is 0. The summed E-state index contributed by atoms with van der Waals surface area (Å²) in [6, 6.07) is 6.08. The van der Waals surface area contributed by atoms with Crippen molar-refractivity contribution in [3.05, 3.63) is 30.6 Å². The Morgan fingerprint density at radius 1 is 1.00 bits per heavy atom. The van der Waals surface area contributed by atoms with E-state index in [0.29, 0.717) is 19.6 Å². The van der Waals surface area contributed by atoms with Gasteiger partial charge in [0.25, 0.3) is 0 Å². The van der Waals surface area contributed by atoms with Crippen LogP contribution in [0.4, 0.5) is 0 Å². The molecule has 0 aromatic carbocycles. The number of nitrogens with zero attached hydrogens (tertiary/aromatic N) is 1. The molecule has 0 radical (unpaired) electrons. The first-order valence-corrected chi connectivity index (χ1v) is 12.0. The number of esters is 1. The molecule has 1 aromatic heterocycles. The third kappa shape index (κ3) is 12.6. The number of halogens is 1. The number of aryl methyl sites for hydroxylation is 1. The van der Waals surface area contributed by atoms with Gasteiger partial charge in [-0.25, -0.2) is 4.57 Å². The highest BCUT2D eigenvalue weighted by molar-refractivity contribution is 5.69. The summed E-state index contributed by atoms with van der Waals surface area (Å²) < 4.78 is 19.5. The Morgan fingerprint density at radius 3 is 2.42 bits per heavy atom. The summed E-state index contributed by atoms with van der Waals surface area (Å²) in [7, 11) is 0. The lowest BCUT2D eigenvalue weighted by Gasteiger charge is -2.23. The Bertz CT molecular complexity index is 586. The molecule has 0 aliphatic carbocycles. The fourth-order valence-electron chi connectivity index (χ4n) is 3.89. The molecule has 5 nitrogen and oxygen atoms in total. The van der Waals surface area contributed by atoms with Gasteiger partial charge in [0, 0.05) is 31.4 Å². The number of hydrogen-bond acceptors (Lipinski definition) is 4. The van der Waals surface area contributed by atoms with Gasteiger partial charge in [-0.15, -0.1) is 0 Å². The Morgan fingerprint density at radius 2 is 1.68 bits per heavy atom. The summed E-state index contributed by atoms with van der Waals surface area (Å²) in [4.78, 5) is 12.0. The van der Waals surface area contributed by atoms with E-state index in [-0.39, 0.29) is 29.1 Å². The quantitative estimate of drug-likeness (QED) is 0.199. The van der Waals surface area contributed by atoms with E-state index in [1.807, 2.05) is 25.1 Å². The van der Waals surface area contributed by atoms with Crippen molar-refractivity contribution in [1.29, 1.82) is 0 Å². The zero-order valence-corrected chi connectivity index (χ0v) is 21.1. The Balaban J connectivity index is 0.00000480. The van der Waals surface area contributed by atoms with Crippen molar-refractivity contribution in [3.63, 3.8) is 0 Å². The topological polar surface area (TPSA) is 48.6 Å². The predicted octanol–water partition coefficient (Wildman–Crippen LogP) is 2.35. The second-order valence-corrected chi connectivity index (χ2v) is 8.66. The zero-order valence-electron chi connectivity index (χ0n) is 19.5. The van der Waals surface area contributed by atoms with E-state index in [4.69, 9.17) is 14.2 Å². The van der Waals surface area contributed by atoms with E-state index < -0.39 is 5.79 Å². The second kappa shape index (κ2) is 16.6. The Kier molecular flexibility index (Phi) is 15.0. The third-order valence-corrected chi connectivity index (χ3v) is 5.73. The van der Waals surface area contributed by atoms with Gasteiger partial charge in [0.2, 0.25) is 0 Å². The number of ether oxygens (including phenoxy) is 3. The molecular weight excluding hydrogens is 458 g/mol. The maximum atomic E-state index is 12.0.